The number of rotatable bonds is 2. The molecule has 1 amide bonds. The highest BCUT2D eigenvalue weighted by Crippen LogP contribution is 2.51. The number of fused-ring (bicyclic) bond motifs is 5. The molecule has 2 bridgehead atoms. The van der Waals surface area contributed by atoms with Crippen molar-refractivity contribution in [2.24, 2.45) is 11.8 Å². The van der Waals surface area contributed by atoms with Crippen molar-refractivity contribution in [1.29, 1.82) is 0 Å². The molecule has 5 rings (SSSR count). The molecule has 2 aliphatic carbocycles. The Morgan fingerprint density at radius 2 is 1.82 bits per heavy atom. The first-order chi connectivity index (χ1) is 13.3. The van der Waals surface area contributed by atoms with Gasteiger partial charge in [0.1, 0.15) is 11.5 Å². The number of hydrogen-bond donors (Lipinski definition) is 1. The summed E-state index contributed by atoms with van der Waals surface area (Å²) < 4.78 is 36.4. The van der Waals surface area contributed by atoms with Crippen LogP contribution in [0.1, 0.15) is 36.0 Å². The van der Waals surface area contributed by atoms with Gasteiger partial charge in [0, 0.05) is 24.5 Å². The predicted octanol–water partition coefficient (Wildman–Crippen LogP) is 2.90. The predicted molar refractivity (Wildman–Crippen MR) is 105 cm³/mol. The first-order valence-electron chi connectivity index (χ1n) is 9.61. The van der Waals surface area contributed by atoms with Gasteiger partial charge < -0.3 is 14.8 Å². The molecule has 3 aliphatic rings. The topological polar surface area (TPSA) is 81.7 Å². The van der Waals surface area contributed by atoms with Crippen molar-refractivity contribution < 1.29 is 22.7 Å². The molecule has 2 saturated carbocycles. The molecule has 2 atom stereocenters. The Labute approximate surface area is 164 Å². The molecule has 0 aromatic heterocycles. The Balaban J connectivity index is 1.59. The minimum Gasteiger partial charge on any atom is -0.497 e. The highest BCUT2D eigenvalue weighted by atomic mass is 32.2. The molecule has 2 unspecified atom stereocenters. The van der Waals surface area contributed by atoms with Crippen LogP contribution in [-0.4, -0.2) is 38.7 Å². The van der Waals surface area contributed by atoms with E-state index in [0.717, 1.165) is 23.6 Å². The average molecular weight is 401 g/mol. The van der Waals surface area contributed by atoms with E-state index >= 15 is 0 Å². The molecule has 1 aliphatic heterocycles. The highest BCUT2D eigenvalue weighted by molar-refractivity contribution is 7.91. The number of ether oxygens (including phenoxy) is 2. The minimum atomic E-state index is -3.12. The third kappa shape index (κ3) is 2.59. The van der Waals surface area contributed by atoms with Gasteiger partial charge in [-0.25, -0.2) is 8.42 Å². The zero-order valence-electron chi connectivity index (χ0n) is 15.9. The number of carbonyl (C=O) groups excluding carboxylic acids is 1. The molecule has 7 heteroatoms. The fourth-order valence-corrected chi connectivity index (χ4v) is 7.44. The van der Waals surface area contributed by atoms with E-state index in [1.165, 1.54) is 6.26 Å². The van der Waals surface area contributed by atoms with Crippen molar-refractivity contribution in [3.05, 3.63) is 35.9 Å². The average Bonchev–Trinajstić information content (AvgIpc) is 2.94. The zero-order valence-corrected chi connectivity index (χ0v) is 16.7. The molecule has 0 radical (unpaired) electrons. The fraction of sp³-hybridized carbons (Fsp3) is 0.476. The van der Waals surface area contributed by atoms with Crippen molar-refractivity contribution in [2.75, 3.05) is 13.4 Å². The molecular weight excluding hydrogens is 378 g/mol. The van der Waals surface area contributed by atoms with Gasteiger partial charge in [-0.15, -0.1) is 0 Å². The van der Waals surface area contributed by atoms with Crippen LogP contribution in [0, 0.1) is 11.8 Å². The third-order valence-electron chi connectivity index (χ3n) is 6.58. The van der Waals surface area contributed by atoms with Crippen LogP contribution >= 0.6 is 0 Å². The van der Waals surface area contributed by atoms with Crippen LogP contribution in [0.25, 0.3) is 10.8 Å². The van der Waals surface area contributed by atoms with Gasteiger partial charge in [0.15, 0.2) is 15.6 Å². The van der Waals surface area contributed by atoms with Gasteiger partial charge in [-0.05, 0) is 48.3 Å². The summed E-state index contributed by atoms with van der Waals surface area (Å²) in [6, 6.07) is 9.39. The maximum Gasteiger partial charge on any atom is 0.258 e. The first-order valence-corrected chi connectivity index (χ1v) is 11.6. The summed E-state index contributed by atoms with van der Waals surface area (Å²) in [4.78, 5) is 12.9. The lowest BCUT2D eigenvalue weighted by Crippen LogP contribution is -2.61. The zero-order chi connectivity index (χ0) is 19.7. The van der Waals surface area contributed by atoms with E-state index in [9.17, 15) is 13.2 Å². The Hall–Kier alpha value is -2.28. The van der Waals surface area contributed by atoms with Crippen LogP contribution in [0.4, 0.5) is 0 Å². The Morgan fingerprint density at radius 3 is 2.46 bits per heavy atom. The van der Waals surface area contributed by atoms with Crippen LogP contribution in [0.2, 0.25) is 0 Å². The van der Waals surface area contributed by atoms with Gasteiger partial charge in [0.2, 0.25) is 0 Å². The quantitative estimate of drug-likeness (QED) is 0.837. The van der Waals surface area contributed by atoms with E-state index in [0.29, 0.717) is 29.9 Å². The molecule has 148 valence electrons. The van der Waals surface area contributed by atoms with E-state index in [1.54, 1.807) is 13.2 Å². The second-order valence-electron chi connectivity index (χ2n) is 8.38. The summed E-state index contributed by atoms with van der Waals surface area (Å²) in [5, 5.41) is 4.55. The number of methoxy groups -OCH3 is 1. The van der Waals surface area contributed by atoms with E-state index in [4.69, 9.17) is 9.47 Å². The minimum absolute atomic E-state index is 0.0140. The van der Waals surface area contributed by atoms with Gasteiger partial charge in [-0.3, -0.25) is 4.79 Å². The Morgan fingerprint density at radius 1 is 1.14 bits per heavy atom. The van der Waals surface area contributed by atoms with E-state index in [2.05, 4.69) is 5.32 Å². The van der Waals surface area contributed by atoms with Crippen LogP contribution in [-0.2, 0) is 9.84 Å². The molecule has 1 heterocycles. The van der Waals surface area contributed by atoms with Crippen LogP contribution in [0.15, 0.2) is 30.3 Å². The normalized spacial score (nSPS) is 31.4. The van der Waals surface area contributed by atoms with Crippen LogP contribution in [0.3, 0.4) is 0 Å². The molecule has 1 spiro atoms. The lowest BCUT2D eigenvalue weighted by atomic mass is 9.81. The molecule has 0 saturated heterocycles. The summed E-state index contributed by atoms with van der Waals surface area (Å²) in [6.45, 7) is 0. The lowest BCUT2D eigenvalue weighted by Gasteiger charge is -2.46. The largest absolute Gasteiger partial charge is 0.497 e. The number of amides is 1. The smallest absolute Gasteiger partial charge is 0.258 e. The third-order valence-corrected chi connectivity index (χ3v) is 8.34. The Kier molecular flexibility index (Phi) is 3.72. The number of hydrogen-bond acceptors (Lipinski definition) is 5. The van der Waals surface area contributed by atoms with Crippen molar-refractivity contribution in [3.63, 3.8) is 0 Å². The maximum absolute atomic E-state index is 12.9. The molecule has 2 fully saturated rings. The lowest BCUT2D eigenvalue weighted by molar-refractivity contribution is -0.0262. The highest BCUT2D eigenvalue weighted by Gasteiger charge is 2.56. The van der Waals surface area contributed by atoms with Gasteiger partial charge in [0.05, 0.1) is 17.9 Å². The van der Waals surface area contributed by atoms with Crippen LogP contribution < -0.4 is 14.8 Å². The standard InChI is InChI=1S/C21H23NO5S/c1-26-15-7-5-12-6-8-16-18(17(12)9-15)27-21(22-20(16)23)10-13-3-4-14(11-21)19(13)28(2,24)25/h5-9,13-14,19H,3-4,10-11H2,1-2H3,(H,22,23). The van der Waals surface area contributed by atoms with Gasteiger partial charge in [-0.2, -0.15) is 0 Å². The Bertz CT molecular complexity index is 1080. The second-order valence-corrected chi connectivity index (χ2v) is 10.6. The molecule has 2 aromatic rings. The van der Waals surface area contributed by atoms with E-state index < -0.39 is 15.6 Å². The number of sulfone groups is 1. The maximum atomic E-state index is 12.9. The number of benzene rings is 2. The monoisotopic (exact) mass is 401 g/mol. The first kappa shape index (κ1) is 17.8. The van der Waals surface area contributed by atoms with Gasteiger partial charge >= 0.3 is 0 Å². The van der Waals surface area contributed by atoms with Gasteiger partial charge in [0.25, 0.3) is 5.91 Å². The summed E-state index contributed by atoms with van der Waals surface area (Å²) in [7, 11) is -1.51. The second kappa shape index (κ2) is 5.86. The number of carbonyl (C=O) groups is 1. The van der Waals surface area contributed by atoms with E-state index in [-0.39, 0.29) is 23.0 Å². The van der Waals surface area contributed by atoms with Crippen molar-refractivity contribution in [3.8, 4) is 11.5 Å². The molecule has 28 heavy (non-hydrogen) atoms. The molecule has 2 aromatic carbocycles. The van der Waals surface area contributed by atoms with Crippen molar-refractivity contribution in [1.82, 2.24) is 5.32 Å². The number of nitrogens with one attached hydrogen (secondary N) is 1. The van der Waals surface area contributed by atoms with Crippen molar-refractivity contribution >= 4 is 26.5 Å². The molecule has 6 nitrogen and oxygen atoms in total. The van der Waals surface area contributed by atoms with Gasteiger partial charge in [-0.1, -0.05) is 12.1 Å². The van der Waals surface area contributed by atoms with E-state index in [1.807, 2.05) is 24.3 Å². The van der Waals surface area contributed by atoms with Crippen molar-refractivity contribution in [2.45, 2.75) is 36.7 Å². The summed E-state index contributed by atoms with van der Waals surface area (Å²) in [5.41, 5.74) is -0.335. The molecule has 1 N–H and O–H groups in total. The fourth-order valence-electron chi connectivity index (χ4n) is 5.58. The summed E-state index contributed by atoms with van der Waals surface area (Å²) in [5.74, 6) is 1.13. The van der Waals surface area contributed by atoms with Crippen LogP contribution in [0.5, 0.6) is 11.5 Å². The SMILES string of the molecule is COc1ccc2ccc3c(c2c1)OC1(CC2CCC(C1)C2S(C)(=O)=O)NC3=O. The molecular formula is C21H23NO5S. The summed E-state index contributed by atoms with van der Waals surface area (Å²) >= 11 is 0. The summed E-state index contributed by atoms with van der Waals surface area (Å²) in [6.07, 6.45) is 4.09.